The summed E-state index contributed by atoms with van der Waals surface area (Å²) in [6, 6.07) is 8.21. The van der Waals surface area contributed by atoms with Gasteiger partial charge in [-0.1, -0.05) is 18.2 Å². The van der Waals surface area contributed by atoms with Crippen LogP contribution in [-0.2, 0) is 24.4 Å². The van der Waals surface area contributed by atoms with Gasteiger partial charge in [0.1, 0.15) is 0 Å². The molecule has 0 unspecified atom stereocenters. The molecular weight excluding hydrogens is 466 g/mol. The normalized spacial score (nSPS) is 12.6. The van der Waals surface area contributed by atoms with Crippen molar-refractivity contribution in [1.82, 2.24) is 14.1 Å². The van der Waals surface area contributed by atoms with E-state index in [1.807, 2.05) is 0 Å². The van der Waals surface area contributed by atoms with Gasteiger partial charge in [0.2, 0.25) is 5.95 Å². The van der Waals surface area contributed by atoms with Crippen LogP contribution in [0.25, 0.3) is 0 Å². The lowest BCUT2D eigenvalue weighted by Crippen LogP contribution is -2.49. The van der Waals surface area contributed by atoms with E-state index in [-0.39, 0.29) is 11.3 Å². The van der Waals surface area contributed by atoms with Gasteiger partial charge in [0, 0.05) is 11.2 Å². The van der Waals surface area contributed by atoms with E-state index >= 15 is 0 Å². The SMILES string of the molecule is CC(C)(C)n1c(=O)nc(Nc2cccc(C(F)(F)F)c2)n(Cc2cccc(C(F)(F)F)c2)c1=O. The first-order valence-corrected chi connectivity index (χ1v) is 9.92. The molecule has 3 aromatic rings. The Kier molecular flexibility index (Phi) is 6.38. The fourth-order valence-corrected chi connectivity index (χ4v) is 3.24. The second kappa shape index (κ2) is 8.65. The van der Waals surface area contributed by atoms with Crippen LogP contribution in [0.15, 0.2) is 58.1 Å². The molecule has 0 saturated carbocycles. The number of alkyl halides is 6. The average Bonchev–Trinajstić information content (AvgIpc) is 2.69. The summed E-state index contributed by atoms with van der Waals surface area (Å²) >= 11 is 0. The van der Waals surface area contributed by atoms with Crippen molar-refractivity contribution in [3.05, 3.63) is 86.2 Å². The Bertz CT molecular complexity index is 1320. The van der Waals surface area contributed by atoms with Crippen molar-refractivity contribution < 1.29 is 26.3 Å². The summed E-state index contributed by atoms with van der Waals surface area (Å²) in [5.41, 5.74) is -4.84. The third kappa shape index (κ3) is 5.49. The van der Waals surface area contributed by atoms with E-state index in [9.17, 15) is 35.9 Å². The number of anilines is 2. The predicted molar refractivity (Wildman–Crippen MR) is 113 cm³/mol. The molecule has 0 amide bonds. The first-order chi connectivity index (χ1) is 15.6. The van der Waals surface area contributed by atoms with Crippen molar-refractivity contribution in [2.24, 2.45) is 0 Å². The van der Waals surface area contributed by atoms with Gasteiger partial charge in [-0.3, -0.25) is 4.57 Å². The summed E-state index contributed by atoms with van der Waals surface area (Å²) in [6.45, 7) is 4.26. The Balaban J connectivity index is 2.16. The van der Waals surface area contributed by atoms with Crippen molar-refractivity contribution >= 4 is 11.6 Å². The minimum Gasteiger partial charge on any atom is -0.325 e. The highest BCUT2D eigenvalue weighted by molar-refractivity contribution is 5.55. The maximum absolute atomic E-state index is 13.2. The maximum atomic E-state index is 13.2. The molecule has 1 aromatic heterocycles. The van der Waals surface area contributed by atoms with Gasteiger partial charge in [0.25, 0.3) is 0 Å². The van der Waals surface area contributed by atoms with Crippen LogP contribution in [0.3, 0.4) is 0 Å². The number of hydrogen-bond donors (Lipinski definition) is 1. The Morgan fingerprint density at radius 2 is 1.41 bits per heavy atom. The topological polar surface area (TPSA) is 68.9 Å². The zero-order valence-electron chi connectivity index (χ0n) is 18.3. The van der Waals surface area contributed by atoms with E-state index in [0.29, 0.717) is 0 Å². The molecule has 0 atom stereocenters. The fraction of sp³-hybridized carbons (Fsp3) is 0.318. The van der Waals surface area contributed by atoms with Crippen LogP contribution >= 0.6 is 0 Å². The molecule has 34 heavy (non-hydrogen) atoms. The molecule has 0 fully saturated rings. The molecule has 0 spiro atoms. The van der Waals surface area contributed by atoms with Crippen LogP contribution in [0.1, 0.15) is 37.5 Å². The van der Waals surface area contributed by atoms with E-state index in [1.54, 1.807) is 20.8 Å². The standard InChI is InChI=1S/C22H20F6N4O2/c1-20(2,3)32-18(33)30-17(29-16-9-5-8-15(11-16)22(26,27)28)31(19(32)34)12-13-6-4-7-14(10-13)21(23,24)25/h4-11H,12H2,1-3H3,(H,29,30,33). The first-order valence-electron chi connectivity index (χ1n) is 9.92. The van der Waals surface area contributed by atoms with Gasteiger partial charge >= 0.3 is 23.7 Å². The second-order valence-corrected chi connectivity index (χ2v) is 8.49. The zero-order valence-corrected chi connectivity index (χ0v) is 18.3. The van der Waals surface area contributed by atoms with Crippen LogP contribution in [0.4, 0.5) is 38.0 Å². The number of nitrogens with zero attached hydrogens (tertiary/aromatic N) is 3. The lowest BCUT2D eigenvalue weighted by molar-refractivity contribution is -0.138. The van der Waals surface area contributed by atoms with Crippen molar-refractivity contribution in [2.45, 2.75) is 45.2 Å². The van der Waals surface area contributed by atoms with E-state index in [1.165, 1.54) is 12.1 Å². The van der Waals surface area contributed by atoms with Gasteiger partial charge in [0.15, 0.2) is 0 Å². The molecule has 0 aliphatic rings. The number of halogens is 6. The predicted octanol–water partition coefficient (Wildman–Crippen LogP) is 4.99. The van der Waals surface area contributed by atoms with Gasteiger partial charge in [-0.2, -0.15) is 31.3 Å². The Morgan fingerprint density at radius 1 is 0.853 bits per heavy atom. The van der Waals surface area contributed by atoms with Crippen molar-refractivity contribution in [3.63, 3.8) is 0 Å². The maximum Gasteiger partial charge on any atom is 0.416 e. The molecule has 3 rings (SSSR count). The van der Waals surface area contributed by atoms with Crippen molar-refractivity contribution in [2.75, 3.05) is 5.32 Å². The summed E-state index contributed by atoms with van der Waals surface area (Å²) in [6.07, 6.45) is -9.26. The minimum atomic E-state index is -4.64. The van der Waals surface area contributed by atoms with Gasteiger partial charge < -0.3 is 5.32 Å². The number of benzene rings is 2. The molecular formula is C22H20F6N4O2. The summed E-state index contributed by atoms with van der Waals surface area (Å²) < 4.78 is 80.3. The minimum absolute atomic E-state index is 0.0740. The van der Waals surface area contributed by atoms with Crippen LogP contribution < -0.4 is 16.7 Å². The number of hydrogen-bond acceptors (Lipinski definition) is 4. The van der Waals surface area contributed by atoms with E-state index in [4.69, 9.17) is 0 Å². The lowest BCUT2D eigenvalue weighted by Gasteiger charge is -2.23. The first kappa shape index (κ1) is 25.1. The summed E-state index contributed by atoms with van der Waals surface area (Å²) in [5, 5.41) is 2.53. The molecule has 182 valence electrons. The fourth-order valence-electron chi connectivity index (χ4n) is 3.24. The number of rotatable bonds is 4. The smallest absolute Gasteiger partial charge is 0.325 e. The Morgan fingerprint density at radius 3 is 1.97 bits per heavy atom. The average molecular weight is 486 g/mol. The molecule has 2 aromatic carbocycles. The lowest BCUT2D eigenvalue weighted by atomic mass is 10.1. The van der Waals surface area contributed by atoms with E-state index < -0.39 is 52.9 Å². The zero-order chi connectivity index (χ0) is 25.5. The van der Waals surface area contributed by atoms with Crippen LogP contribution in [0.2, 0.25) is 0 Å². The van der Waals surface area contributed by atoms with Gasteiger partial charge in [-0.25, -0.2) is 14.2 Å². The van der Waals surface area contributed by atoms with Crippen LogP contribution in [0.5, 0.6) is 0 Å². The highest BCUT2D eigenvalue weighted by Gasteiger charge is 2.32. The summed E-state index contributed by atoms with van der Waals surface area (Å²) in [4.78, 5) is 29.6. The molecule has 0 bridgehead atoms. The van der Waals surface area contributed by atoms with Gasteiger partial charge in [0.05, 0.1) is 17.7 Å². The van der Waals surface area contributed by atoms with Crippen LogP contribution in [0, 0.1) is 0 Å². The second-order valence-electron chi connectivity index (χ2n) is 8.49. The third-order valence-corrected chi connectivity index (χ3v) is 4.78. The summed E-state index contributed by atoms with van der Waals surface area (Å²) in [7, 11) is 0. The summed E-state index contributed by atoms with van der Waals surface area (Å²) in [5.74, 6) is -0.410. The molecule has 6 nitrogen and oxygen atoms in total. The Hall–Kier alpha value is -3.57. The van der Waals surface area contributed by atoms with Crippen molar-refractivity contribution in [3.8, 4) is 0 Å². The molecule has 0 aliphatic heterocycles. The highest BCUT2D eigenvalue weighted by atomic mass is 19.4. The number of nitrogens with one attached hydrogen (secondary N) is 1. The van der Waals surface area contributed by atoms with E-state index in [2.05, 4.69) is 10.3 Å². The van der Waals surface area contributed by atoms with E-state index in [0.717, 1.165) is 45.5 Å². The van der Waals surface area contributed by atoms with Gasteiger partial charge in [-0.15, -0.1) is 0 Å². The molecule has 12 heteroatoms. The molecule has 0 aliphatic carbocycles. The molecule has 0 radical (unpaired) electrons. The van der Waals surface area contributed by atoms with Crippen LogP contribution in [-0.4, -0.2) is 14.1 Å². The van der Waals surface area contributed by atoms with Crippen molar-refractivity contribution in [1.29, 1.82) is 0 Å². The monoisotopic (exact) mass is 486 g/mol. The molecule has 0 saturated heterocycles. The Labute approximate surface area is 189 Å². The molecule has 1 N–H and O–H groups in total. The molecule has 1 heterocycles. The highest BCUT2D eigenvalue weighted by Crippen LogP contribution is 2.32. The largest absolute Gasteiger partial charge is 0.416 e. The van der Waals surface area contributed by atoms with Gasteiger partial charge in [-0.05, 0) is 56.7 Å². The number of aromatic nitrogens is 3. The quantitative estimate of drug-likeness (QED) is 0.528. The third-order valence-electron chi connectivity index (χ3n) is 4.78.